The fourth-order valence-electron chi connectivity index (χ4n) is 1.75. The topological polar surface area (TPSA) is 81.4 Å². The minimum Gasteiger partial charge on any atom is -0.452 e. The summed E-state index contributed by atoms with van der Waals surface area (Å²) in [4.78, 5) is 23.4. The van der Waals surface area contributed by atoms with Gasteiger partial charge in [0.2, 0.25) is 0 Å². The van der Waals surface area contributed by atoms with E-state index in [0.717, 1.165) is 12.8 Å². The Balaban J connectivity index is 2.51. The van der Waals surface area contributed by atoms with Crippen LogP contribution in [0.1, 0.15) is 37.0 Å². The zero-order chi connectivity index (χ0) is 15.1. The molecule has 0 saturated heterocycles. The Kier molecular flexibility index (Phi) is 6.31. The number of para-hydroxylation sites is 1. The van der Waals surface area contributed by atoms with Crippen LogP contribution in [0.25, 0.3) is 0 Å². The van der Waals surface area contributed by atoms with Crippen LogP contribution in [-0.4, -0.2) is 24.5 Å². The lowest BCUT2D eigenvalue weighted by atomic mass is 10.2. The normalized spacial score (nSPS) is 11.8. The fraction of sp³-hybridized carbons (Fsp3) is 0.429. The molecule has 1 aromatic rings. The third-order valence-electron chi connectivity index (χ3n) is 2.74. The Morgan fingerprint density at radius 1 is 1.45 bits per heavy atom. The van der Waals surface area contributed by atoms with Crippen molar-refractivity contribution in [2.24, 2.45) is 0 Å². The Labute approximate surface area is 123 Å². The first-order valence-electron chi connectivity index (χ1n) is 6.46. The molecule has 110 valence electrons. The predicted octanol–water partition coefficient (Wildman–Crippen LogP) is 2.38. The van der Waals surface area contributed by atoms with Crippen LogP contribution in [0.4, 0.5) is 5.69 Å². The fourth-order valence-corrected chi connectivity index (χ4v) is 1.92. The molecule has 1 atom stereocenters. The summed E-state index contributed by atoms with van der Waals surface area (Å²) < 4.78 is 4.92. The molecule has 0 heterocycles. The van der Waals surface area contributed by atoms with E-state index in [9.17, 15) is 9.59 Å². The molecule has 20 heavy (non-hydrogen) atoms. The lowest BCUT2D eigenvalue weighted by Gasteiger charge is -2.13. The number of nitrogen functional groups attached to an aromatic ring is 1. The largest absolute Gasteiger partial charge is 0.452 e. The monoisotopic (exact) mass is 298 g/mol. The third-order valence-corrected chi connectivity index (χ3v) is 3.07. The van der Waals surface area contributed by atoms with Gasteiger partial charge >= 0.3 is 5.97 Å². The average Bonchev–Trinajstić information content (AvgIpc) is 2.39. The molecule has 0 radical (unpaired) electrons. The summed E-state index contributed by atoms with van der Waals surface area (Å²) in [5.41, 5.74) is 5.99. The van der Waals surface area contributed by atoms with E-state index >= 15 is 0 Å². The molecule has 0 aliphatic rings. The maximum Gasteiger partial charge on any atom is 0.340 e. The number of rotatable bonds is 6. The SMILES string of the molecule is CCCC(C)NC(=O)COC(=O)c1cccc(Cl)c1N. The van der Waals surface area contributed by atoms with Gasteiger partial charge in [0.05, 0.1) is 16.3 Å². The lowest BCUT2D eigenvalue weighted by Crippen LogP contribution is -2.35. The maximum atomic E-state index is 11.8. The van der Waals surface area contributed by atoms with Gasteiger partial charge < -0.3 is 15.8 Å². The number of esters is 1. The number of benzene rings is 1. The zero-order valence-corrected chi connectivity index (χ0v) is 12.4. The summed E-state index contributed by atoms with van der Waals surface area (Å²) in [6.07, 6.45) is 1.85. The first kappa shape index (κ1) is 16.3. The van der Waals surface area contributed by atoms with E-state index in [4.69, 9.17) is 22.1 Å². The van der Waals surface area contributed by atoms with Crippen molar-refractivity contribution in [1.82, 2.24) is 5.32 Å². The molecule has 3 N–H and O–H groups in total. The Hall–Kier alpha value is -1.75. The van der Waals surface area contributed by atoms with E-state index in [-0.39, 0.29) is 34.8 Å². The van der Waals surface area contributed by atoms with Gasteiger partial charge in [-0.1, -0.05) is 31.0 Å². The van der Waals surface area contributed by atoms with Crippen LogP contribution in [0.15, 0.2) is 18.2 Å². The van der Waals surface area contributed by atoms with E-state index in [1.165, 1.54) is 6.07 Å². The second-order valence-electron chi connectivity index (χ2n) is 4.53. The van der Waals surface area contributed by atoms with Gasteiger partial charge in [-0.15, -0.1) is 0 Å². The van der Waals surface area contributed by atoms with Crippen LogP contribution in [-0.2, 0) is 9.53 Å². The average molecular weight is 299 g/mol. The standard InChI is InChI=1S/C14H19ClN2O3/c1-3-5-9(2)17-12(18)8-20-14(19)10-6-4-7-11(15)13(10)16/h4,6-7,9H,3,5,8,16H2,1-2H3,(H,17,18). The van der Waals surface area contributed by atoms with E-state index in [2.05, 4.69) is 5.32 Å². The molecule has 0 aliphatic heterocycles. The van der Waals surface area contributed by atoms with Gasteiger partial charge in [-0.05, 0) is 25.5 Å². The van der Waals surface area contributed by atoms with Gasteiger partial charge in [0.25, 0.3) is 5.91 Å². The predicted molar refractivity (Wildman–Crippen MR) is 78.7 cm³/mol. The van der Waals surface area contributed by atoms with Gasteiger partial charge in [-0.25, -0.2) is 4.79 Å². The van der Waals surface area contributed by atoms with Crippen LogP contribution in [0, 0.1) is 0 Å². The van der Waals surface area contributed by atoms with Crippen molar-refractivity contribution in [2.75, 3.05) is 12.3 Å². The molecule has 1 unspecified atom stereocenters. The number of anilines is 1. The van der Waals surface area contributed by atoms with Crippen molar-refractivity contribution in [3.63, 3.8) is 0 Å². The summed E-state index contributed by atoms with van der Waals surface area (Å²) in [5.74, 6) is -0.997. The summed E-state index contributed by atoms with van der Waals surface area (Å²) in [6.45, 7) is 3.60. The number of carbonyl (C=O) groups is 2. The number of nitrogens with two attached hydrogens (primary N) is 1. The number of hydrogen-bond donors (Lipinski definition) is 2. The zero-order valence-electron chi connectivity index (χ0n) is 11.6. The van der Waals surface area contributed by atoms with Crippen LogP contribution in [0.2, 0.25) is 5.02 Å². The van der Waals surface area contributed by atoms with Crippen LogP contribution in [0.5, 0.6) is 0 Å². The van der Waals surface area contributed by atoms with E-state index in [1.807, 2.05) is 13.8 Å². The molecule has 1 rings (SSSR count). The van der Waals surface area contributed by atoms with E-state index in [0.29, 0.717) is 0 Å². The highest BCUT2D eigenvalue weighted by atomic mass is 35.5. The van der Waals surface area contributed by atoms with Crippen molar-refractivity contribution in [3.8, 4) is 0 Å². The molecule has 5 nitrogen and oxygen atoms in total. The summed E-state index contributed by atoms with van der Waals surface area (Å²) in [5, 5.41) is 3.02. The Morgan fingerprint density at radius 3 is 2.80 bits per heavy atom. The summed E-state index contributed by atoms with van der Waals surface area (Å²) in [7, 11) is 0. The Morgan fingerprint density at radius 2 is 2.15 bits per heavy atom. The molecular weight excluding hydrogens is 280 g/mol. The molecular formula is C14H19ClN2O3. The number of halogens is 1. The van der Waals surface area contributed by atoms with Gasteiger partial charge in [0.15, 0.2) is 6.61 Å². The number of nitrogens with one attached hydrogen (secondary N) is 1. The van der Waals surface area contributed by atoms with Gasteiger partial charge in [0, 0.05) is 6.04 Å². The summed E-state index contributed by atoms with van der Waals surface area (Å²) in [6, 6.07) is 4.73. The highest BCUT2D eigenvalue weighted by Gasteiger charge is 2.15. The van der Waals surface area contributed by atoms with Gasteiger partial charge in [-0.3, -0.25) is 4.79 Å². The molecule has 0 aliphatic carbocycles. The van der Waals surface area contributed by atoms with Gasteiger partial charge in [-0.2, -0.15) is 0 Å². The molecule has 0 saturated carbocycles. The van der Waals surface area contributed by atoms with Crippen LogP contribution < -0.4 is 11.1 Å². The molecule has 1 amide bonds. The number of carbonyl (C=O) groups excluding carboxylic acids is 2. The second-order valence-corrected chi connectivity index (χ2v) is 4.94. The quantitative estimate of drug-likeness (QED) is 0.624. The maximum absolute atomic E-state index is 11.8. The van der Waals surface area contributed by atoms with Gasteiger partial charge in [0.1, 0.15) is 0 Å². The minimum absolute atomic E-state index is 0.0578. The molecule has 6 heteroatoms. The highest BCUT2D eigenvalue weighted by molar-refractivity contribution is 6.33. The molecule has 0 fully saturated rings. The van der Waals surface area contributed by atoms with E-state index in [1.54, 1.807) is 12.1 Å². The second kappa shape index (κ2) is 7.75. The molecule has 0 aromatic heterocycles. The first-order chi connectivity index (χ1) is 9.45. The minimum atomic E-state index is -0.664. The third kappa shape index (κ3) is 4.74. The number of hydrogen-bond acceptors (Lipinski definition) is 4. The van der Waals surface area contributed by atoms with Crippen LogP contribution in [0.3, 0.4) is 0 Å². The lowest BCUT2D eigenvalue weighted by molar-refractivity contribution is -0.124. The van der Waals surface area contributed by atoms with Crippen molar-refractivity contribution in [1.29, 1.82) is 0 Å². The van der Waals surface area contributed by atoms with Crippen molar-refractivity contribution >= 4 is 29.2 Å². The summed E-state index contributed by atoms with van der Waals surface area (Å²) >= 11 is 5.81. The molecule has 0 spiro atoms. The molecule has 1 aromatic carbocycles. The smallest absolute Gasteiger partial charge is 0.340 e. The van der Waals surface area contributed by atoms with Crippen molar-refractivity contribution in [3.05, 3.63) is 28.8 Å². The highest BCUT2D eigenvalue weighted by Crippen LogP contribution is 2.22. The number of ether oxygens (including phenoxy) is 1. The number of amides is 1. The van der Waals surface area contributed by atoms with Crippen molar-refractivity contribution in [2.45, 2.75) is 32.7 Å². The van der Waals surface area contributed by atoms with Crippen LogP contribution >= 0.6 is 11.6 Å². The Bertz CT molecular complexity index is 491. The first-order valence-corrected chi connectivity index (χ1v) is 6.84. The van der Waals surface area contributed by atoms with E-state index < -0.39 is 5.97 Å². The van der Waals surface area contributed by atoms with Crippen molar-refractivity contribution < 1.29 is 14.3 Å². The molecule has 0 bridgehead atoms.